The molecule has 0 aliphatic carbocycles. The van der Waals surface area contributed by atoms with E-state index < -0.39 is 11.9 Å². The average Bonchev–Trinajstić information content (AvgIpc) is 3.12. The molecule has 2 N–H and O–H groups in total. The number of ketones is 1. The quantitative estimate of drug-likeness (QED) is 0.726. The van der Waals surface area contributed by atoms with E-state index in [9.17, 15) is 14.3 Å². The number of nitrogens with zero attached hydrogens (tertiary/aromatic N) is 1. The van der Waals surface area contributed by atoms with Crippen LogP contribution in [0.1, 0.15) is 40.5 Å². The molecule has 0 saturated heterocycles. The standard InChI is InChI=1S/C15H13FN2O2S/c1-2-13(19)12-7-21-15(18-12)14(20)10-6-17-11-4-3-8(16)5-9(10)11/h3-7,13,17,19H,2H2,1H3/t13-/m0/s1. The molecule has 0 aliphatic rings. The van der Waals surface area contributed by atoms with Crippen molar-refractivity contribution >= 4 is 28.0 Å². The van der Waals surface area contributed by atoms with E-state index in [0.717, 1.165) is 0 Å². The SMILES string of the molecule is CC[C@H](O)c1csc(C(=O)c2c[nH]c3ccc(F)cc23)n1. The third kappa shape index (κ3) is 2.48. The Kier molecular flexibility index (Phi) is 3.57. The number of hydrogen-bond acceptors (Lipinski definition) is 4. The number of thiazole rings is 1. The molecule has 0 aliphatic heterocycles. The first-order valence-electron chi connectivity index (χ1n) is 6.55. The lowest BCUT2D eigenvalue weighted by molar-refractivity contribution is 0.103. The molecule has 21 heavy (non-hydrogen) atoms. The number of rotatable bonds is 4. The highest BCUT2D eigenvalue weighted by molar-refractivity contribution is 7.12. The smallest absolute Gasteiger partial charge is 0.223 e. The third-order valence-corrected chi connectivity index (χ3v) is 4.19. The zero-order valence-electron chi connectivity index (χ0n) is 11.3. The van der Waals surface area contributed by atoms with E-state index in [4.69, 9.17) is 0 Å². The molecule has 4 nitrogen and oxygen atoms in total. The molecule has 0 radical (unpaired) electrons. The molecule has 0 unspecified atom stereocenters. The van der Waals surface area contributed by atoms with Gasteiger partial charge in [0.2, 0.25) is 5.78 Å². The van der Waals surface area contributed by atoms with Crippen LogP contribution in [0.15, 0.2) is 29.8 Å². The molecular formula is C15H13FN2O2S. The van der Waals surface area contributed by atoms with E-state index in [0.29, 0.717) is 33.6 Å². The fraction of sp³-hybridized carbons (Fsp3) is 0.200. The van der Waals surface area contributed by atoms with Crippen molar-refractivity contribution < 1.29 is 14.3 Å². The van der Waals surface area contributed by atoms with Crippen molar-refractivity contribution in [2.24, 2.45) is 0 Å². The molecule has 108 valence electrons. The summed E-state index contributed by atoms with van der Waals surface area (Å²) in [4.78, 5) is 19.6. The van der Waals surface area contributed by atoms with Gasteiger partial charge in [0.1, 0.15) is 5.82 Å². The highest BCUT2D eigenvalue weighted by Crippen LogP contribution is 2.25. The van der Waals surface area contributed by atoms with Gasteiger partial charge in [0, 0.05) is 22.5 Å². The summed E-state index contributed by atoms with van der Waals surface area (Å²) in [7, 11) is 0. The van der Waals surface area contributed by atoms with Gasteiger partial charge in [0.15, 0.2) is 5.01 Å². The molecule has 0 bridgehead atoms. The van der Waals surface area contributed by atoms with Gasteiger partial charge in [-0.1, -0.05) is 6.92 Å². The topological polar surface area (TPSA) is 66.0 Å². The van der Waals surface area contributed by atoms with Crippen LogP contribution in [0.5, 0.6) is 0 Å². The summed E-state index contributed by atoms with van der Waals surface area (Å²) in [6, 6.07) is 4.26. The number of hydrogen-bond donors (Lipinski definition) is 2. The predicted molar refractivity (Wildman–Crippen MR) is 79.1 cm³/mol. The maximum atomic E-state index is 13.3. The number of aliphatic hydroxyl groups is 1. The molecule has 0 spiro atoms. The number of aliphatic hydroxyl groups excluding tert-OH is 1. The van der Waals surface area contributed by atoms with Crippen LogP contribution in [-0.4, -0.2) is 20.9 Å². The van der Waals surface area contributed by atoms with Gasteiger partial charge in [0.05, 0.1) is 17.4 Å². The van der Waals surface area contributed by atoms with E-state index in [1.807, 2.05) is 6.92 Å². The second-order valence-corrected chi connectivity index (χ2v) is 5.58. The van der Waals surface area contributed by atoms with Crippen LogP contribution < -0.4 is 0 Å². The summed E-state index contributed by atoms with van der Waals surface area (Å²) in [5, 5.41) is 12.2. The Bertz CT molecular complexity index is 809. The Morgan fingerprint density at radius 2 is 2.33 bits per heavy atom. The van der Waals surface area contributed by atoms with Crippen molar-refractivity contribution in [1.82, 2.24) is 9.97 Å². The summed E-state index contributed by atoms with van der Waals surface area (Å²) in [5.74, 6) is -0.663. The zero-order valence-corrected chi connectivity index (χ0v) is 12.1. The maximum Gasteiger partial charge on any atom is 0.223 e. The number of carbonyl (C=O) groups excluding carboxylic acids is 1. The van der Waals surface area contributed by atoms with Crippen molar-refractivity contribution in [3.8, 4) is 0 Å². The predicted octanol–water partition coefficient (Wildman–Crippen LogP) is 3.44. The Hall–Kier alpha value is -2.05. The van der Waals surface area contributed by atoms with Gasteiger partial charge in [-0.2, -0.15) is 0 Å². The number of aromatic amines is 1. The van der Waals surface area contributed by atoms with Crippen LogP contribution in [0.25, 0.3) is 10.9 Å². The van der Waals surface area contributed by atoms with Crippen molar-refractivity contribution in [2.75, 3.05) is 0 Å². The van der Waals surface area contributed by atoms with Gasteiger partial charge in [0.25, 0.3) is 0 Å². The Morgan fingerprint density at radius 3 is 3.10 bits per heavy atom. The first-order valence-corrected chi connectivity index (χ1v) is 7.43. The van der Waals surface area contributed by atoms with Crippen LogP contribution in [-0.2, 0) is 0 Å². The molecule has 3 rings (SSSR count). The van der Waals surface area contributed by atoms with Gasteiger partial charge < -0.3 is 10.1 Å². The molecule has 1 aromatic carbocycles. The van der Waals surface area contributed by atoms with Crippen LogP contribution in [0.4, 0.5) is 4.39 Å². The lowest BCUT2D eigenvalue weighted by Gasteiger charge is -2.01. The van der Waals surface area contributed by atoms with E-state index >= 15 is 0 Å². The summed E-state index contributed by atoms with van der Waals surface area (Å²) in [6.45, 7) is 1.84. The van der Waals surface area contributed by atoms with Crippen LogP contribution in [0, 0.1) is 5.82 Å². The minimum atomic E-state index is -0.664. The van der Waals surface area contributed by atoms with Crippen molar-refractivity contribution in [2.45, 2.75) is 19.4 Å². The molecule has 2 heterocycles. The molecular weight excluding hydrogens is 291 g/mol. The lowest BCUT2D eigenvalue weighted by Crippen LogP contribution is -2.02. The maximum absolute atomic E-state index is 13.3. The summed E-state index contributed by atoms with van der Waals surface area (Å²) in [6.07, 6.45) is 1.43. The fourth-order valence-electron chi connectivity index (χ4n) is 2.15. The molecule has 0 amide bonds. The Morgan fingerprint density at radius 1 is 1.52 bits per heavy atom. The number of aromatic nitrogens is 2. The van der Waals surface area contributed by atoms with Crippen LogP contribution in [0.2, 0.25) is 0 Å². The van der Waals surface area contributed by atoms with Gasteiger partial charge in [-0.15, -0.1) is 11.3 Å². The lowest BCUT2D eigenvalue weighted by atomic mass is 10.1. The molecule has 0 saturated carbocycles. The molecule has 1 atom stereocenters. The summed E-state index contributed by atoms with van der Waals surface area (Å²) >= 11 is 1.18. The van der Waals surface area contributed by atoms with E-state index in [-0.39, 0.29) is 5.78 Å². The molecule has 3 aromatic rings. The first-order chi connectivity index (χ1) is 10.1. The average molecular weight is 304 g/mol. The van der Waals surface area contributed by atoms with Crippen LogP contribution >= 0.6 is 11.3 Å². The monoisotopic (exact) mass is 304 g/mol. The number of H-pyrrole nitrogens is 1. The van der Waals surface area contributed by atoms with E-state index in [1.54, 1.807) is 17.6 Å². The normalized spacial score (nSPS) is 12.7. The van der Waals surface area contributed by atoms with E-state index in [2.05, 4.69) is 9.97 Å². The highest BCUT2D eigenvalue weighted by Gasteiger charge is 2.19. The minimum Gasteiger partial charge on any atom is -0.387 e. The summed E-state index contributed by atoms with van der Waals surface area (Å²) < 4.78 is 13.3. The number of halogens is 1. The molecule has 6 heteroatoms. The van der Waals surface area contributed by atoms with Crippen molar-refractivity contribution in [3.63, 3.8) is 0 Å². The zero-order chi connectivity index (χ0) is 15.0. The van der Waals surface area contributed by atoms with Gasteiger partial charge in [-0.3, -0.25) is 4.79 Å². The third-order valence-electron chi connectivity index (χ3n) is 3.33. The fourth-order valence-corrected chi connectivity index (χ4v) is 2.97. The molecule has 0 fully saturated rings. The van der Waals surface area contributed by atoms with E-state index in [1.165, 1.54) is 23.5 Å². The second-order valence-electron chi connectivity index (χ2n) is 4.72. The second kappa shape index (κ2) is 5.38. The number of nitrogens with one attached hydrogen (secondary N) is 1. The number of fused-ring (bicyclic) bond motifs is 1. The highest BCUT2D eigenvalue weighted by atomic mass is 32.1. The van der Waals surface area contributed by atoms with Crippen molar-refractivity contribution in [3.05, 3.63) is 51.9 Å². The number of carbonyl (C=O) groups is 1. The molecule has 2 aromatic heterocycles. The van der Waals surface area contributed by atoms with Crippen LogP contribution in [0.3, 0.4) is 0 Å². The van der Waals surface area contributed by atoms with Gasteiger partial charge in [-0.25, -0.2) is 9.37 Å². The minimum absolute atomic E-state index is 0.272. The number of benzene rings is 1. The van der Waals surface area contributed by atoms with Gasteiger partial charge in [-0.05, 0) is 24.6 Å². The largest absolute Gasteiger partial charge is 0.387 e. The van der Waals surface area contributed by atoms with Gasteiger partial charge >= 0.3 is 0 Å². The summed E-state index contributed by atoms with van der Waals surface area (Å²) in [5.41, 5.74) is 1.58. The Balaban J connectivity index is 2.00. The Labute approximate surface area is 124 Å². The first kappa shape index (κ1) is 13.9. The van der Waals surface area contributed by atoms with Crippen molar-refractivity contribution in [1.29, 1.82) is 0 Å².